The lowest BCUT2D eigenvalue weighted by Crippen LogP contribution is -2.41. The monoisotopic (exact) mass is 513 g/mol. The van der Waals surface area contributed by atoms with Crippen molar-refractivity contribution in [3.63, 3.8) is 0 Å². The predicted molar refractivity (Wildman–Crippen MR) is 157 cm³/mol. The van der Waals surface area contributed by atoms with Gasteiger partial charge in [-0.05, 0) is 80.3 Å². The fourth-order valence-corrected chi connectivity index (χ4v) is 7.46. The summed E-state index contributed by atoms with van der Waals surface area (Å²) in [5.41, 5.74) is 8.26. The SMILES string of the molecule is CC[C@@H]1CCCN(CCN2CCn3c(c(C4CCCCC4)c4ccc(C(=O)O)cc43)-c3ccc(C)cc32)C1. The van der Waals surface area contributed by atoms with Gasteiger partial charge in [0, 0.05) is 54.9 Å². The van der Waals surface area contributed by atoms with Gasteiger partial charge in [0.15, 0.2) is 0 Å². The van der Waals surface area contributed by atoms with Crippen molar-refractivity contribution in [2.24, 2.45) is 5.92 Å². The zero-order valence-corrected chi connectivity index (χ0v) is 23.2. The molecule has 0 spiro atoms. The van der Waals surface area contributed by atoms with E-state index >= 15 is 0 Å². The third kappa shape index (κ3) is 4.75. The molecule has 5 nitrogen and oxygen atoms in total. The fourth-order valence-electron chi connectivity index (χ4n) is 7.46. The van der Waals surface area contributed by atoms with Gasteiger partial charge in [-0.15, -0.1) is 0 Å². The molecule has 1 aromatic heterocycles. The number of aromatic carboxylic acids is 1. The second-order valence-electron chi connectivity index (χ2n) is 12.0. The molecule has 1 aliphatic carbocycles. The highest BCUT2D eigenvalue weighted by Gasteiger charge is 2.31. The zero-order chi connectivity index (χ0) is 26.2. The highest BCUT2D eigenvalue weighted by atomic mass is 16.4. The van der Waals surface area contributed by atoms with Gasteiger partial charge in [0.2, 0.25) is 0 Å². The molecule has 2 aliphatic heterocycles. The maximum atomic E-state index is 11.9. The van der Waals surface area contributed by atoms with E-state index in [9.17, 15) is 9.90 Å². The first kappa shape index (κ1) is 25.5. The summed E-state index contributed by atoms with van der Waals surface area (Å²) in [6.07, 6.45) is 10.3. The maximum Gasteiger partial charge on any atom is 0.335 e. The van der Waals surface area contributed by atoms with Crippen LogP contribution in [0.3, 0.4) is 0 Å². The van der Waals surface area contributed by atoms with Gasteiger partial charge in [-0.25, -0.2) is 4.79 Å². The summed E-state index contributed by atoms with van der Waals surface area (Å²) < 4.78 is 2.47. The number of rotatable bonds is 6. The van der Waals surface area contributed by atoms with Crippen LogP contribution in [-0.4, -0.2) is 53.3 Å². The summed E-state index contributed by atoms with van der Waals surface area (Å²) in [6.45, 7) is 11.0. The van der Waals surface area contributed by atoms with Crippen LogP contribution in [0.5, 0.6) is 0 Å². The van der Waals surface area contributed by atoms with Crippen LogP contribution >= 0.6 is 0 Å². The van der Waals surface area contributed by atoms with Gasteiger partial charge in [0.25, 0.3) is 0 Å². The van der Waals surface area contributed by atoms with Crippen molar-refractivity contribution in [2.75, 3.05) is 37.6 Å². The first-order chi connectivity index (χ1) is 18.5. The van der Waals surface area contributed by atoms with Crippen molar-refractivity contribution in [3.8, 4) is 11.3 Å². The van der Waals surface area contributed by atoms with Gasteiger partial charge < -0.3 is 19.5 Å². The molecule has 0 radical (unpaired) electrons. The molecule has 3 heterocycles. The molecule has 202 valence electrons. The number of anilines is 1. The lowest BCUT2D eigenvalue weighted by atomic mass is 9.81. The predicted octanol–water partition coefficient (Wildman–Crippen LogP) is 7.30. The van der Waals surface area contributed by atoms with Gasteiger partial charge in [0.05, 0.1) is 11.3 Å². The van der Waals surface area contributed by atoms with E-state index < -0.39 is 5.97 Å². The highest BCUT2D eigenvalue weighted by Crippen LogP contribution is 2.47. The number of piperidine rings is 1. The van der Waals surface area contributed by atoms with E-state index in [1.54, 1.807) is 6.07 Å². The zero-order valence-electron chi connectivity index (χ0n) is 23.2. The van der Waals surface area contributed by atoms with E-state index in [1.807, 2.05) is 6.07 Å². The normalized spacial score (nSPS) is 20.8. The topological polar surface area (TPSA) is 48.7 Å². The molecule has 38 heavy (non-hydrogen) atoms. The standard InChI is InChI=1S/C33H43N3O2/c1-3-24-8-7-15-34(22-24)16-17-35-18-19-36-30-21-26(33(37)38)12-14-27(30)31(25-9-5-4-6-10-25)32(36)28-13-11-23(2)20-29(28)35/h11-14,20-21,24-25H,3-10,15-19,22H2,1-2H3,(H,37,38)/t24-/m1/s1. The maximum absolute atomic E-state index is 11.9. The Morgan fingerprint density at radius 3 is 2.58 bits per heavy atom. The van der Waals surface area contributed by atoms with Gasteiger partial charge in [-0.2, -0.15) is 0 Å². The number of benzene rings is 2. The van der Waals surface area contributed by atoms with Gasteiger partial charge in [0.1, 0.15) is 0 Å². The summed E-state index contributed by atoms with van der Waals surface area (Å²) in [6, 6.07) is 12.8. The number of hydrogen-bond acceptors (Lipinski definition) is 3. The first-order valence-corrected chi connectivity index (χ1v) is 15.0. The van der Waals surface area contributed by atoms with Crippen LogP contribution in [0.15, 0.2) is 36.4 Å². The Morgan fingerprint density at radius 2 is 1.79 bits per heavy atom. The number of fused-ring (bicyclic) bond motifs is 5. The lowest BCUT2D eigenvalue weighted by Gasteiger charge is -2.34. The number of carboxylic acids is 1. The minimum Gasteiger partial charge on any atom is -0.478 e. The number of nitrogens with zero attached hydrogens (tertiary/aromatic N) is 3. The molecule has 3 aliphatic rings. The molecule has 1 saturated heterocycles. The van der Waals surface area contributed by atoms with Gasteiger partial charge in [-0.3, -0.25) is 0 Å². The summed E-state index contributed by atoms with van der Waals surface area (Å²) >= 11 is 0. The highest BCUT2D eigenvalue weighted by molar-refractivity contribution is 5.99. The molecule has 2 fully saturated rings. The van der Waals surface area contributed by atoms with E-state index in [4.69, 9.17) is 0 Å². The summed E-state index contributed by atoms with van der Waals surface area (Å²) in [5.74, 6) is 0.536. The molecule has 2 aromatic carbocycles. The van der Waals surface area contributed by atoms with Crippen molar-refractivity contribution >= 4 is 22.6 Å². The Bertz CT molecular complexity index is 1320. The number of likely N-dealkylation sites (tertiary alicyclic amines) is 1. The van der Waals surface area contributed by atoms with Gasteiger partial charge in [-0.1, -0.05) is 50.8 Å². The summed E-state index contributed by atoms with van der Waals surface area (Å²) in [4.78, 5) is 17.2. The van der Waals surface area contributed by atoms with Crippen LogP contribution in [0.1, 0.15) is 85.7 Å². The number of hydrogen-bond donors (Lipinski definition) is 1. The smallest absolute Gasteiger partial charge is 0.335 e. The Morgan fingerprint density at radius 1 is 0.947 bits per heavy atom. The minimum absolute atomic E-state index is 0.383. The summed E-state index contributed by atoms with van der Waals surface area (Å²) in [7, 11) is 0. The average Bonchev–Trinajstić information content (AvgIpc) is 3.18. The van der Waals surface area contributed by atoms with Crippen LogP contribution in [0.25, 0.3) is 22.2 Å². The molecule has 0 bridgehead atoms. The van der Waals surface area contributed by atoms with Crippen LogP contribution < -0.4 is 4.90 Å². The van der Waals surface area contributed by atoms with Crippen LogP contribution in [-0.2, 0) is 6.54 Å². The molecule has 0 unspecified atom stereocenters. The van der Waals surface area contributed by atoms with E-state index in [1.165, 1.54) is 97.9 Å². The average molecular weight is 514 g/mol. The Balaban J connectivity index is 1.43. The first-order valence-electron chi connectivity index (χ1n) is 15.0. The Hall–Kier alpha value is -2.79. The molecule has 1 atom stereocenters. The second-order valence-corrected chi connectivity index (χ2v) is 12.0. The van der Waals surface area contributed by atoms with Crippen LogP contribution in [0.4, 0.5) is 5.69 Å². The molecule has 0 amide bonds. The molecule has 5 heteroatoms. The molecular formula is C33H43N3O2. The van der Waals surface area contributed by atoms with Crippen molar-refractivity contribution in [1.29, 1.82) is 0 Å². The van der Waals surface area contributed by atoms with Crippen molar-refractivity contribution in [3.05, 3.63) is 53.1 Å². The van der Waals surface area contributed by atoms with Gasteiger partial charge >= 0.3 is 5.97 Å². The number of carboxylic acid groups (broad SMARTS) is 1. The fraction of sp³-hybridized carbons (Fsp3) is 0.545. The van der Waals surface area contributed by atoms with Crippen molar-refractivity contribution < 1.29 is 9.90 Å². The quantitative estimate of drug-likeness (QED) is 0.376. The Labute approximate surface area is 227 Å². The minimum atomic E-state index is -0.847. The largest absolute Gasteiger partial charge is 0.478 e. The van der Waals surface area contributed by atoms with E-state index in [0.717, 1.165) is 37.6 Å². The summed E-state index contributed by atoms with van der Waals surface area (Å²) in [5, 5.41) is 11.1. The lowest BCUT2D eigenvalue weighted by molar-refractivity contribution is 0.0697. The third-order valence-electron chi connectivity index (χ3n) is 9.57. The van der Waals surface area contributed by atoms with Crippen LogP contribution in [0.2, 0.25) is 0 Å². The second kappa shape index (κ2) is 10.8. The van der Waals surface area contributed by atoms with E-state index in [0.29, 0.717) is 11.5 Å². The van der Waals surface area contributed by atoms with E-state index in [-0.39, 0.29) is 0 Å². The van der Waals surface area contributed by atoms with Crippen molar-refractivity contribution in [2.45, 2.75) is 77.7 Å². The van der Waals surface area contributed by atoms with Crippen LogP contribution in [0, 0.1) is 12.8 Å². The molecule has 6 rings (SSSR count). The number of aryl methyl sites for hydroxylation is 1. The number of aromatic nitrogens is 1. The van der Waals surface area contributed by atoms with Crippen molar-refractivity contribution in [1.82, 2.24) is 9.47 Å². The van der Waals surface area contributed by atoms with E-state index in [2.05, 4.69) is 52.5 Å². The molecule has 3 aromatic rings. The number of carbonyl (C=O) groups is 1. The molecule has 1 N–H and O–H groups in total. The Kier molecular flexibility index (Phi) is 7.22. The molecular weight excluding hydrogens is 470 g/mol. The third-order valence-corrected chi connectivity index (χ3v) is 9.57. The molecule has 1 saturated carbocycles.